The average Bonchev–Trinajstić information content (AvgIpc) is 2.58. The number of benzene rings is 1. The summed E-state index contributed by atoms with van der Waals surface area (Å²) < 4.78 is 44.5. The fourth-order valence-corrected chi connectivity index (χ4v) is 1.98. The van der Waals surface area contributed by atoms with Crippen LogP contribution in [0.5, 0.6) is 5.88 Å². The van der Waals surface area contributed by atoms with Crippen molar-refractivity contribution in [1.29, 1.82) is 0 Å². The maximum Gasteiger partial charge on any atom is 0.423 e. The summed E-state index contributed by atoms with van der Waals surface area (Å²) in [5.41, 5.74) is -0.680. The van der Waals surface area contributed by atoms with Crippen LogP contribution in [-0.2, 0) is 6.18 Å². The van der Waals surface area contributed by atoms with Crippen LogP contribution in [0.1, 0.15) is 19.4 Å². The third-order valence-electron chi connectivity index (χ3n) is 3.35. The van der Waals surface area contributed by atoms with Gasteiger partial charge in [-0.05, 0) is 18.1 Å². The number of hydrogen-bond acceptors (Lipinski definition) is 6. The van der Waals surface area contributed by atoms with Crippen LogP contribution in [0.2, 0.25) is 0 Å². The molecule has 1 aromatic heterocycles. The van der Waals surface area contributed by atoms with Gasteiger partial charge in [0.25, 0.3) is 5.69 Å². The Morgan fingerprint density at radius 3 is 2.38 bits per heavy atom. The highest BCUT2D eigenvalue weighted by molar-refractivity contribution is 5.58. The van der Waals surface area contributed by atoms with Crippen LogP contribution in [0.25, 0.3) is 0 Å². The number of halogens is 3. The molecule has 0 fully saturated rings. The lowest BCUT2D eigenvalue weighted by Gasteiger charge is -2.20. The quantitative estimate of drug-likeness (QED) is 0.560. The van der Waals surface area contributed by atoms with Crippen LogP contribution >= 0.6 is 0 Å². The maximum atomic E-state index is 13.1. The van der Waals surface area contributed by atoms with Gasteiger partial charge >= 0.3 is 6.18 Å². The van der Waals surface area contributed by atoms with E-state index in [4.69, 9.17) is 4.74 Å². The number of rotatable bonds is 6. The molecule has 10 heteroatoms. The fourth-order valence-electron chi connectivity index (χ4n) is 1.98. The van der Waals surface area contributed by atoms with Gasteiger partial charge in [0.05, 0.1) is 11.5 Å². The maximum absolute atomic E-state index is 13.1. The van der Waals surface area contributed by atoms with E-state index in [2.05, 4.69) is 9.97 Å². The third-order valence-corrected chi connectivity index (χ3v) is 3.35. The van der Waals surface area contributed by atoms with Crippen molar-refractivity contribution in [3.05, 3.63) is 46.1 Å². The van der Waals surface area contributed by atoms with Gasteiger partial charge in [-0.15, -0.1) is 0 Å². The van der Waals surface area contributed by atoms with E-state index in [0.717, 1.165) is 0 Å². The predicted molar refractivity (Wildman–Crippen MR) is 88.5 cm³/mol. The lowest BCUT2D eigenvalue weighted by molar-refractivity contribution is -0.384. The summed E-state index contributed by atoms with van der Waals surface area (Å²) in [7, 11) is 1.54. The second kappa shape index (κ2) is 7.54. The van der Waals surface area contributed by atoms with E-state index in [1.54, 1.807) is 13.8 Å². The Hall–Kier alpha value is -2.91. The molecule has 1 aromatic carbocycles. The SMILES string of the molecule is CC(C)COc1nc(N(C)c2ccc([N+](=O)[O-])cc2)ncc1C(F)(F)F. The van der Waals surface area contributed by atoms with E-state index in [1.165, 1.54) is 36.2 Å². The number of anilines is 2. The molecule has 0 unspecified atom stereocenters. The highest BCUT2D eigenvalue weighted by atomic mass is 19.4. The van der Waals surface area contributed by atoms with E-state index in [0.29, 0.717) is 11.9 Å². The summed E-state index contributed by atoms with van der Waals surface area (Å²) in [6, 6.07) is 5.47. The van der Waals surface area contributed by atoms with Crippen molar-refractivity contribution in [2.75, 3.05) is 18.6 Å². The van der Waals surface area contributed by atoms with Crippen molar-refractivity contribution in [2.45, 2.75) is 20.0 Å². The summed E-state index contributed by atoms with van der Waals surface area (Å²) in [5.74, 6) is -0.558. The summed E-state index contributed by atoms with van der Waals surface area (Å²) in [6.45, 7) is 3.68. The van der Waals surface area contributed by atoms with Gasteiger partial charge in [-0.3, -0.25) is 10.1 Å². The second-order valence-electron chi connectivity index (χ2n) is 5.92. The van der Waals surface area contributed by atoms with Gasteiger partial charge in [0.2, 0.25) is 11.8 Å². The Bertz CT molecular complexity index is 779. The average molecular weight is 370 g/mol. The first kappa shape index (κ1) is 19.4. The molecule has 0 saturated heterocycles. The number of alkyl halides is 3. The molecule has 2 aromatic rings. The second-order valence-corrected chi connectivity index (χ2v) is 5.92. The number of hydrogen-bond donors (Lipinski definition) is 0. The summed E-state index contributed by atoms with van der Waals surface area (Å²) in [6.07, 6.45) is -3.98. The standard InChI is InChI=1S/C16H17F3N4O3/c1-10(2)9-26-14-13(16(17,18)19)8-20-15(21-14)22(3)11-4-6-12(7-5-11)23(24)25/h4-8,10H,9H2,1-3H3. The summed E-state index contributed by atoms with van der Waals surface area (Å²) in [5, 5.41) is 10.7. The monoisotopic (exact) mass is 370 g/mol. The van der Waals surface area contributed by atoms with Crippen LogP contribution in [-0.4, -0.2) is 28.5 Å². The first-order chi connectivity index (χ1) is 12.1. The highest BCUT2D eigenvalue weighted by Gasteiger charge is 2.36. The van der Waals surface area contributed by atoms with Crippen molar-refractivity contribution < 1.29 is 22.8 Å². The van der Waals surface area contributed by atoms with Gasteiger partial charge in [-0.1, -0.05) is 13.8 Å². The molecule has 26 heavy (non-hydrogen) atoms. The van der Waals surface area contributed by atoms with Crippen LogP contribution in [0, 0.1) is 16.0 Å². The summed E-state index contributed by atoms with van der Waals surface area (Å²) in [4.78, 5) is 19.2. The van der Waals surface area contributed by atoms with Crippen LogP contribution in [0.3, 0.4) is 0 Å². The normalized spacial score (nSPS) is 11.5. The topological polar surface area (TPSA) is 81.4 Å². The molecule has 0 amide bonds. The van der Waals surface area contributed by atoms with E-state index >= 15 is 0 Å². The molecule has 0 atom stereocenters. The smallest absolute Gasteiger partial charge is 0.423 e. The van der Waals surface area contributed by atoms with E-state index in [9.17, 15) is 23.3 Å². The number of nitrogens with zero attached hydrogens (tertiary/aromatic N) is 4. The minimum Gasteiger partial charge on any atom is -0.477 e. The van der Waals surface area contributed by atoms with Crippen molar-refractivity contribution in [1.82, 2.24) is 9.97 Å². The van der Waals surface area contributed by atoms with Crippen molar-refractivity contribution >= 4 is 17.3 Å². The largest absolute Gasteiger partial charge is 0.477 e. The lowest BCUT2D eigenvalue weighted by atomic mass is 10.2. The Morgan fingerprint density at radius 1 is 1.27 bits per heavy atom. The molecule has 0 spiro atoms. The van der Waals surface area contributed by atoms with E-state index < -0.39 is 22.5 Å². The summed E-state index contributed by atoms with van der Waals surface area (Å²) >= 11 is 0. The fraction of sp³-hybridized carbons (Fsp3) is 0.375. The van der Waals surface area contributed by atoms with Gasteiger partial charge < -0.3 is 9.64 Å². The first-order valence-corrected chi connectivity index (χ1v) is 7.64. The van der Waals surface area contributed by atoms with Crippen molar-refractivity contribution in [3.8, 4) is 5.88 Å². The van der Waals surface area contributed by atoms with E-state index in [-0.39, 0.29) is 24.2 Å². The molecule has 0 N–H and O–H groups in total. The molecule has 0 aliphatic rings. The van der Waals surface area contributed by atoms with Crippen LogP contribution in [0.15, 0.2) is 30.5 Å². The minimum absolute atomic E-state index is 0.0156. The molecule has 140 valence electrons. The van der Waals surface area contributed by atoms with Crippen LogP contribution < -0.4 is 9.64 Å². The molecule has 1 heterocycles. The van der Waals surface area contributed by atoms with Gasteiger partial charge in [0.15, 0.2) is 0 Å². The number of aromatic nitrogens is 2. The van der Waals surface area contributed by atoms with Crippen LogP contribution in [0.4, 0.5) is 30.5 Å². The molecule has 0 saturated carbocycles. The number of nitro groups is 1. The molecule has 0 radical (unpaired) electrons. The van der Waals surface area contributed by atoms with Crippen molar-refractivity contribution in [3.63, 3.8) is 0 Å². The van der Waals surface area contributed by atoms with Gasteiger partial charge in [-0.2, -0.15) is 18.2 Å². The third kappa shape index (κ3) is 4.58. The van der Waals surface area contributed by atoms with Gasteiger partial charge in [0, 0.05) is 31.1 Å². The number of nitro benzene ring substituents is 1. The molecule has 0 aliphatic heterocycles. The van der Waals surface area contributed by atoms with Gasteiger partial charge in [-0.25, -0.2) is 4.98 Å². The molecule has 0 aliphatic carbocycles. The zero-order valence-electron chi connectivity index (χ0n) is 14.3. The molecule has 7 nitrogen and oxygen atoms in total. The number of non-ortho nitro benzene ring substituents is 1. The first-order valence-electron chi connectivity index (χ1n) is 7.64. The zero-order chi connectivity index (χ0) is 19.5. The Balaban J connectivity index is 2.36. The van der Waals surface area contributed by atoms with Crippen molar-refractivity contribution in [2.24, 2.45) is 5.92 Å². The predicted octanol–water partition coefficient (Wildman–Crippen LogP) is 4.21. The van der Waals surface area contributed by atoms with Gasteiger partial charge in [0.1, 0.15) is 5.56 Å². The molecule has 2 rings (SSSR count). The minimum atomic E-state index is -4.64. The Morgan fingerprint density at radius 2 is 1.88 bits per heavy atom. The molecular formula is C16H17F3N4O3. The molecular weight excluding hydrogens is 353 g/mol. The lowest BCUT2D eigenvalue weighted by Crippen LogP contribution is -2.18. The zero-order valence-corrected chi connectivity index (χ0v) is 14.3. The molecule has 0 bridgehead atoms. The Labute approximate surface area is 147 Å². The number of ether oxygens (including phenoxy) is 1. The Kier molecular flexibility index (Phi) is 5.63. The van der Waals surface area contributed by atoms with E-state index in [1.807, 2.05) is 0 Å². The highest BCUT2D eigenvalue weighted by Crippen LogP contribution is 2.36.